The van der Waals surface area contributed by atoms with Gasteiger partial charge in [0.15, 0.2) is 0 Å². The molecule has 0 amide bonds. The van der Waals surface area contributed by atoms with Crippen LogP contribution in [0.5, 0.6) is 0 Å². The molecule has 1 rings (SSSR count). The molecule has 1 heterocycles. The Morgan fingerprint density at radius 1 is 1.47 bits per heavy atom. The topological polar surface area (TPSA) is 52.6 Å². The van der Waals surface area contributed by atoms with E-state index >= 15 is 0 Å². The molecule has 0 aromatic rings. The standard InChI is InChI=1S/C11H22N2O2/c1-3-10(11(14)15)12-8-9(2)13-6-4-5-7-13/h9-10,12H,3-8H2,1-2H3,(H,14,15). The molecule has 4 heteroatoms. The Morgan fingerprint density at radius 3 is 2.53 bits per heavy atom. The smallest absolute Gasteiger partial charge is 0.320 e. The second kappa shape index (κ2) is 6.08. The molecule has 1 aliphatic heterocycles. The highest BCUT2D eigenvalue weighted by Gasteiger charge is 2.20. The van der Waals surface area contributed by atoms with E-state index in [1.54, 1.807) is 0 Å². The second-order valence-electron chi connectivity index (χ2n) is 4.30. The number of carboxylic acids is 1. The minimum atomic E-state index is -0.744. The van der Waals surface area contributed by atoms with Gasteiger partial charge in [-0.05, 0) is 39.3 Å². The molecule has 0 radical (unpaired) electrons. The van der Waals surface area contributed by atoms with Crippen molar-refractivity contribution in [1.82, 2.24) is 10.2 Å². The van der Waals surface area contributed by atoms with Crippen LogP contribution in [0.1, 0.15) is 33.1 Å². The van der Waals surface area contributed by atoms with Crippen molar-refractivity contribution >= 4 is 5.97 Å². The van der Waals surface area contributed by atoms with E-state index in [9.17, 15) is 4.79 Å². The molecule has 0 aliphatic carbocycles. The molecule has 1 saturated heterocycles. The summed E-state index contributed by atoms with van der Waals surface area (Å²) in [5.74, 6) is -0.744. The van der Waals surface area contributed by atoms with E-state index < -0.39 is 12.0 Å². The number of carbonyl (C=O) groups is 1. The van der Waals surface area contributed by atoms with E-state index in [0.29, 0.717) is 12.5 Å². The van der Waals surface area contributed by atoms with Gasteiger partial charge in [0.1, 0.15) is 6.04 Å². The summed E-state index contributed by atoms with van der Waals surface area (Å²) in [5.41, 5.74) is 0. The first-order valence-corrected chi connectivity index (χ1v) is 5.85. The molecule has 1 fully saturated rings. The summed E-state index contributed by atoms with van der Waals surface area (Å²) in [4.78, 5) is 13.2. The lowest BCUT2D eigenvalue weighted by atomic mass is 10.2. The van der Waals surface area contributed by atoms with E-state index in [0.717, 1.165) is 19.6 Å². The molecule has 0 aromatic carbocycles. The first-order chi connectivity index (χ1) is 7.15. The molecule has 0 saturated carbocycles. The molecule has 1 aliphatic rings. The fourth-order valence-corrected chi connectivity index (χ4v) is 2.03. The van der Waals surface area contributed by atoms with Crippen LogP contribution in [0.3, 0.4) is 0 Å². The van der Waals surface area contributed by atoms with Crippen LogP contribution >= 0.6 is 0 Å². The molecule has 2 atom stereocenters. The summed E-state index contributed by atoms with van der Waals surface area (Å²) in [6.45, 7) is 7.14. The summed E-state index contributed by atoms with van der Waals surface area (Å²) in [6.07, 6.45) is 3.20. The Morgan fingerprint density at radius 2 is 2.07 bits per heavy atom. The number of carboxylic acid groups (broad SMARTS) is 1. The van der Waals surface area contributed by atoms with Gasteiger partial charge in [0.05, 0.1) is 0 Å². The van der Waals surface area contributed by atoms with Gasteiger partial charge >= 0.3 is 5.97 Å². The van der Waals surface area contributed by atoms with E-state index in [1.807, 2.05) is 6.92 Å². The lowest BCUT2D eigenvalue weighted by molar-refractivity contribution is -0.139. The molecule has 0 spiro atoms. The van der Waals surface area contributed by atoms with Crippen LogP contribution in [-0.4, -0.2) is 47.7 Å². The van der Waals surface area contributed by atoms with Gasteiger partial charge in [-0.1, -0.05) is 6.92 Å². The van der Waals surface area contributed by atoms with Crippen molar-refractivity contribution in [1.29, 1.82) is 0 Å². The number of hydrogen-bond acceptors (Lipinski definition) is 3. The van der Waals surface area contributed by atoms with Crippen molar-refractivity contribution in [2.24, 2.45) is 0 Å². The minimum absolute atomic E-state index is 0.393. The maximum atomic E-state index is 10.8. The van der Waals surface area contributed by atoms with Gasteiger partial charge in [-0.15, -0.1) is 0 Å². The fourth-order valence-electron chi connectivity index (χ4n) is 2.03. The van der Waals surface area contributed by atoms with Crippen LogP contribution in [0.15, 0.2) is 0 Å². The van der Waals surface area contributed by atoms with Crippen molar-refractivity contribution in [2.75, 3.05) is 19.6 Å². The molecule has 4 nitrogen and oxygen atoms in total. The van der Waals surface area contributed by atoms with E-state index in [-0.39, 0.29) is 0 Å². The molecule has 2 unspecified atom stereocenters. The summed E-state index contributed by atoms with van der Waals surface area (Å²) in [5, 5.41) is 12.0. The normalized spacial score (nSPS) is 21.5. The molecular weight excluding hydrogens is 192 g/mol. The third-order valence-corrected chi connectivity index (χ3v) is 3.13. The van der Waals surface area contributed by atoms with Crippen LogP contribution in [0.2, 0.25) is 0 Å². The Kier molecular flexibility index (Phi) is 5.05. The minimum Gasteiger partial charge on any atom is -0.480 e. The largest absolute Gasteiger partial charge is 0.480 e. The zero-order valence-electron chi connectivity index (χ0n) is 9.70. The lowest BCUT2D eigenvalue weighted by Crippen LogP contribution is -2.44. The fraction of sp³-hybridized carbons (Fsp3) is 0.909. The third-order valence-electron chi connectivity index (χ3n) is 3.13. The first-order valence-electron chi connectivity index (χ1n) is 5.85. The number of likely N-dealkylation sites (tertiary alicyclic amines) is 1. The van der Waals surface area contributed by atoms with E-state index in [1.165, 1.54) is 12.8 Å². The quantitative estimate of drug-likeness (QED) is 0.690. The summed E-state index contributed by atoms with van der Waals surface area (Å²) >= 11 is 0. The number of hydrogen-bond donors (Lipinski definition) is 2. The maximum absolute atomic E-state index is 10.8. The Hall–Kier alpha value is -0.610. The highest BCUT2D eigenvalue weighted by atomic mass is 16.4. The van der Waals surface area contributed by atoms with Crippen LogP contribution in [-0.2, 0) is 4.79 Å². The van der Waals surface area contributed by atoms with Crippen molar-refractivity contribution in [3.05, 3.63) is 0 Å². The predicted octanol–water partition coefficient (Wildman–Crippen LogP) is 0.923. The summed E-state index contributed by atoms with van der Waals surface area (Å²) in [6, 6.07) is 0.0518. The van der Waals surface area contributed by atoms with Crippen LogP contribution in [0.4, 0.5) is 0 Å². The zero-order chi connectivity index (χ0) is 11.3. The lowest BCUT2D eigenvalue weighted by Gasteiger charge is -2.25. The molecule has 0 bridgehead atoms. The molecule has 2 N–H and O–H groups in total. The number of nitrogens with zero attached hydrogens (tertiary/aromatic N) is 1. The predicted molar refractivity (Wildman–Crippen MR) is 60.0 cm³/mol. The number of aliphatic carboxylic acids is 1. The maximum Gasteiger partial charge on any atom is 0.320 e. The molecule has 15 heavy (non-hydrogen) atoms. The Bertz CT molecular complexity index is 203. The van der Waals surface area contributed by atoms with Crippen molar-refractivity contribution < 1.29 is 9.90 Å². The van der Waals surface area contributed by atoms with Gasteiger partial charge in [0, 0.05) is 12.6 Å². The van der Waals surface area contributed by atoms with Gasteiger partial charge in [-0.3, -0.25) is 9.69 Å². The van der Waals surface area contributed by atoms with Crippen molar-refractivity contribution in [3.8, 4) is 0 Å². The van der Waals surface area contributed by atoms with Gasteiger partial charge in [0.2, 0.25) is 0 Å². The zero-order valence-corrected chi connectivity index (χ0v) is 9.70. The number of nitrogens with one attached hydrogen (secondary N) is 1. The van der Waals surface area contributed by atoms with Gasteiger partial charge in [-0.2, -0.15) is 0 Å². The average molecular weight is 214 g/mol. The monoisotopic (exact) mass is 214 g/mol. The van der Waals surface area contributed by atoms with Gasteiger partial charge in [-0.25, -0.2) is 0 Å². The summed E-state index contributed by atoms with van der Waals surface area (Å²) < 4.78 is 0. The van der Waals surface area contributed by atoms with Crippen LogP contribution in [0, 0.1) is 0 Å². The SMILES string of the molecule is CCC(NCC(C)N1CCCC1)C(=O)O. The van der Waals surface area contributed by atoms with Crippen LogP contribution in [0.25, 0.3) is 0 Å². The molecule has 88 valence electrons. The van der Waals surface area contributed by atoms with Crippen molar-refractivity contribution in [3.63, 3.8) is 0 Å². The Labute approximate surface area is 91.6 Å². The third kappa shape index (κ3) is 3.80. The summed E-state index contributed by atoms with van der Waals surface area (Å²) in [7, 11) is 0. The van der Waals surface area contributed by atoms with Gasteiger partial charge in [0.25, 0.3) is 0 Å². The van der Waals surface area contributed by atoms with Crippen LogP contribution < -0.4 is 5.32 Å². The highest BCUT2D eigenvalue weighted by Crippen LogP contribution is 2.10. The average Bonchev–Trinajstić information content (AvgIpc) is 2.70. The molecular formula is C11H22N2O2. The Balaban J connectivity index is 2.25. The van der Waals surface area contributed by atoms with Gasteiger partial charge < -0.3 is 10.4 Å². The van der Waals surface area contributed by atoms with Crippen molar-refractivity contribution in [2.45, 2.75) is 45.2 Å². The second-order valence-corrected chi connectivity index (χ2v) is 4.30. The first kappa shape index (κ1) is 12.5. The highest BCUT2D eigenvalue weighted by molar-refractivity contribution is 5.73. The molecule has 0 aromatic heterocycles. The van der Waals surface area contributed by atoms with E-state index in [2.05, 4.69) is 17.1 Å². The van der Waals surface area contributed by atoms with E-state index in [4.69, 9.17) is 5.11 Å². The number of rotatable bonds is 6.